The molecule has 0 aromatic rings. The molecule has 0 spiro atoms. The van der Waals surface area contributed by atoms with Crippen LogP contribution in [0.25, 0.3) is 0 Å². The van der Waals surface area contributed by atoms with Gasteiger partial charge in [0.05, 0.1) is 12.3 Å². The van der Waals surface area contributed by atoms with Gasteiger partial charge in [-0.05, 0) is 19.4 Å². The van der Waals surface area contributed by atoms with Gasteiger partial charge in [0.1, 0.15) is 0 Å². The molecule has 11 heavy (non-hydrogen) atoms. The SMILES string of the molecule is CC1=C(C)N(S(N)(=O)=O)OC1. The van der Waals surface area contributed by atoms with Crippen LogP contribution in [0.3, 0.4) is 0 Å². The van der Waals surface area contributed by atoms with Crippen molar-refractivity contribution < 1.29 is 13.3 Å². The van der Waals surface area contributed by atoms with E-state index in [2.05, 4.69) is 0 Å². The summed E-state index contributed by atoms with van der Waals surface area (Å²) in [5.74, 6) is 0. The summed E-state index contributed by atoms with van der Waals surface area (Å²) in [4.78, 5) is 4.79. The van der Waals surface area contributed by atoms with Crippen LogP contribution in [0.2, 0.25) is 0 Å². The summed E-state index contributed by atoms with van der Waals surface area (Å²) in [5.41, 5.74) is 1.42. The van der Waals surface area contributed by atoms with Crippen molar-refractivity contribution in [3.05, 3.63) is 11.3 Å². The first-order chi connectivity index (χ1) is 4.93. The molecule has 1 aliphatic rings. The Morgan fingerprint density at radius 1 is 1.55 bits per heavy atom. The van der Waals surface area contributed by atoms with Crippen molar-refractivity contribution in [2.24, 2.45) is 5.14 Å². The van der Waals surface area contributed by atoms with E-state index in [1.165, 1.54) is 0 Å². The van der Waals surface area contributed by atoms with Crippen molar-refractivity contribution >= 4 is 10.2 Å². The van der Waals surface area contributed by atoms with Gasteiger partial charge in [0.25, 0.3) is 0 Å². The fraction of sp³-hybridized carbons (Fsp3) is 0.600. The monoisotopic (exact) mass is 178 g/mol. The van der Waals surface area contributed by atoms with E-state index in [1.807, 2.05) is 0 Å². The number of allylic oxidation sites excluding steroid dienone is 1. The van der Waals surface area contributed by atoms with Crippen molar-refractivity contribution in [1.82, 2.24) is 4.47 Å². The van der Waals surface area contributed by atoms with Crippen LogP contribution in [0.5, 0.6) is 0 Å². The predicted octanol–water partition coefficient (Wildman–Crippen LogP) is -0.269. The third-order valence-corrected chi connectivity index (χ3v) is 2.36. The molecule has 1 heterocycles. The number of rotatable bonds is 1. The summed E-state index contributed by atoms with van der Waals surface area (Å²) in [6.45, 7) is 3.73. The average Bonchev–Trinajstić information content (AvgIpc) is 2.11. The molecule has 64 valence electrons. The first-order valence-electron chi connectivity index (χ1n) is 3.05. The van der Waals surface area contributed by atoms with Crippen LogP contribution in [-0.2, 0) is 15.0 Å². The molecule has 0 unspecified atom stereocenters. The van der Waals surface area contributed by atoms with Crippen LogP contribution >= 0.6 is 0 Å². The van der Waals surface area contributed by atoms with Crippen LogP contribution in [0.4, 0.5) is 0 Å². The van der Waals surface area contributed by atoms with Gasteiger partial charge in [0, 0.05) is 0 Å². The van der Waals surface area contributed by atoms with E-state index < -0.39 is 10.2 Å². The third-order valence-electron chi connectivity index (χ3n) is 1.52. The molecule has 1 rings (SSSR count). The van der Waals surface area contributed by atoms with E-state index >= 15 is 0 Å². The molecular formula is C5H10N2O3S. The van der Waals surface area contributed by atoms with Crippen LogP contribution in [-0.4, -0.2) is 19.5 Å². The largest absolute Gasteiger partial charge is 0.321 e. The lowest BCUT2D eigenvalue weighted by atomic mass is 10.3. The Kier molecular flexibility index (Phi) is 1.91. The second-order valence-electron chi connectivity index (χ2n) is 2.41. The number of hydroxylamine groups is 1. The second-order valence-corrected chi connectivity index (χ2v) is 3.77. The lowest BCUT2D eigenvalue weighted by molar-refractivity contribution is -0.0212. The van der Waals surface area contributed by atoms with Crippen molar-refractivity contribution in [2.45, 2.75) is 13.8 Å². The number of nitrogens with two attached hydrogens (primary N) is 1. The number of hydrogen-bond acceptors (Lipinski definition) is 3. The highest BCUT2D eigenvalue weighted by atomic mass is 32.2. The Hall–Kier alpha value is -0.590. The third kappa shape index (κ3) is 1.52. The molecule has 0 aromatic carbocycles. The Balaban J connectivity index is 2.98. The quantitative estimate of drug-likeness (QED) is 0.600. The molecule has 0 radical (unpaired) electrons. The minimum Gasteiger partial charge on any atom is -0.254 e. The highest BCUT2D eigenvalue weighted by Crippen LogP contribution is 2.20. The van der Waals surface area contributed by atoms with Gasteiger partial charge in [-0.2, -0.15) is 8.42 Å². The summed E-state index contributed by atoms with van der Waals surface area (Å²) in [5, 5.41) is 4.83. The van der Waals surface area contributed by atoms with Crippen molar-refractivity contribution in [1.29, 1.82) is 0 Å². The zero-order chi connectivity index (χ0) is 8.65. The molecule has 0 atom stereocenters. The van der Waals surface area contributed by atoms with E-state index in [4.69, 9.17) is 9.98 Å². The van der Waals surface area contributed by atoms with Crippen LogP contribution in [0, 0.1) is 0 Å². The normalized spacial score (nSPS) is 19.7. The molecule has 0 fully saturated rings. The van der Waals surface area contributed by atoms with Gasteiger partial charge >= 0.3 is 10.2 Å². The van der Waals surface area contributed by atoms with Crippen LogP contribution < -0.4 is 5.14 Å². The van der Waals surface area contributed by atoms with E-state index in [9.17, 15) is 8.42 Å². The Labute approximate surface area is 65.6 Å². The van der Waals surface area contributed by atoms with Crippen molar-refractivity contribution in [3.63, 3.8) is 0 Å². The summed E-state index contributed by atoms with van der Waals surface area (Å²) in [6.07, 6.45) is 0. The highest BCUT2D eigenvalue weighted by Gasteiger charge is 2.25. The Bertz CT molecular complexity index is 293. The first-order valence-corrected chi connectivity index (χ1v) is 4.55. The van der Waals surface area contributed by atoms with Gasteiger partial charge in [-0.15, -0.1) is 4.47 Å². The molecular weight excluding hydrogens is 168 g/mol. The summed E-state index contributed by atoms with van der Waals surface area (Å²) in [6, 6.07) is 0. The molecule has 0 aliphatic carbocycles. The topological polar surface area (TPSA) is 72.6 Å². The van der Waals surface area contributed by atoms with Crippen molar-refractivity contribution in [2.75, 3.05) is 6.61 Å². The molecule has 0 saturated carbocycles. The highest BCUT2D eigenvalue weighted by molar-refractivity contribution is 7.86. The zero-order valence-electron chi connectivity index (χ0n) is 6.36. The fourth-order valence-corrected chi connectivity index (χ4v) is 1.51. The number of nitrogens with zero attached hydrogens (tertiary/aromatic N) is 1. The molecule has 6 heteroatoms. The van der Waals surface area contributed by atoms with Crippen LogP contribution in [0.15, 0.2) is 11.3 Å². The lowest BCUT2D eigenvalue weighted by Crippen LogP contribution is -2.32. The Morgan fingerprint density at radius 3 is 2.27 bits per heavy atom. The summed E-state index contributed by atoms with van der Waals surface area (Å²) < 4.78 is 22.2. The van der Waals surface area contributed by atoms with Gasteiger partial charge in [-0.25, -0.2) is 5.14 Å². The van der Waals surface area contributed by atoms with E-state index in [0.717, 1.165) is 10.0 Å². The minimum atomic E-state index is -3.73. The van der Waals surface area contributed by atoms with E-state index in [0.29, 0.717) is 12.3 Å². The average molecular weight is 178 g/mol. The maximum Gasteiger partial charge on any atom is 0.321 e. The van der Waals surface area contributed by atoms with E-state index in [1.54, 1.807) is 13.8 Å². The molecule has 5 nitrogen and oxygen atoms in total. The summed E-state index contributed by atoms with van der Waals surface area (Å²) in [7, 11) is -3.73. The standard InChI is InChI=1S/C5H10N2O3S/c1-4-3-10-7(5(4)2)11(6,8)9/h3H2,1-2H3,(H2,6,8,9). The Morgan fingerprint density at radius 2 is 2.09 bits per heavy atom. The predicted molar refractivity (Wildman–Crippen MR) is 39.3 cm³/mol. The molecule has 0 saturated heterocycles. The second kappa shape index (κ2) is 2.47. The lowest BCUT2D eigenvalue weighted by Gasteiger charge is -2.13. The smallest absolute Gasteiger partial charge is 0.254 e. The van der Waals surface area contributed by atoms with Crippen molar-refractivity contribution in [3.8, 4) is 0 Å². The van der Waals surface area contributed by atoms with Gasteiger partial charge in [-0.1, -0.05) is 0 Å². The first kappa shape index (κ1) is 8.51. The molecule has 2 N–H and O–H groups in total. The van der Waals surface area contributed by atoms with Gasteiger partial charge < -0.3 is 0 Å². The minimum absolute atomic E-state index is 0.294. The molecule has 0 amide bonds. The van der Waals surface area contributed by atoms with Gasteiger partial charge in [-0.3, -0.25) is 4.84 Å². The molecule has 0 aromatic heterocycles. The van der Waals surface area contributed by atoms with Gasteiger partial charge in [0.2, 0.25) is 0 Å². The maximum absolute atomic E-state index is 10.7. The van der Waals surface area contributed by atoms with Gasteiger partial charge in [0.15, 0.2) is 0 Å². The number of hydrogen-bond donors (Lipinski definition) is 1. The summed E-state index contributed by atoms with van der Waals surface area (Å²) >= 11 is 0. The van der Waals surface area contributed by atoms with E-state index in [-0.39, 0.29) is 0 Å². The fourth-order valence-electron chi connectivity index (χ4n) is 0.777. The maximum atomic E-state index is 10.7. The molecule has 1 aliphatic heterocycles. The van der Waals surface area contributed by atoms with Crippen LogP contribution in [0.1, 0.15) is 13.8 Å². The zero-order valence-corrected chi connectivity index (χ0v) is 7.18. The molecule has 0 bridgehead atoms.